The highest BCUT2D eigenvalue weighted by Crippen LogP contribution is 2.29. The molecule has 2 saturated heterocycles. The zero-order valence-corrected chi connectivity index (χ0v) is 38.7. The molecule has 9 rings (SSSR count). The molecule has 2 aromatic heterocycles. The van der Waals surface area contributed by atoms with Gasteiger partial charge in [-0.25, -0.2) is 9.67 Å². The summed E-state index contributed by atoms with van der Waals surface area (Å²) in [5, 5.41) is 39.6. The lowest BCUT2D eigenvalue weighted by molar-refractivity contribution is -0.119. The number of aromatic nitrogens is 4. The molecule has 14 nitrogen and oxygen atoms in total. The standard InChI is InChI=1S/C55H58N8O6/c1-34(53(67)59-41-18-13-36(14-19-41)29-43-22-26-48(57-43)51(65)39-9-5-3-6-10-39)62-33-56-47-25-17-38(32-46(47)55(62)69)31-45-24-28-50(64)63(61-45)35(2)54(68)60-42-20-15-37(16-21-42)30-44-23-27-49(58-44)52(66)40-11-7-4-8-12-40/h3-21,24-25,28,32-35,43-44,48-49,51-52,57-58,65-66H,22-23,26-27,29-31H2,1-2H3,(H,59,67)(H,60,68)/t34?,35?,43-,44-,48+,49+,51+,52+/m0/s1. The highest BCUT2D eigenvalue weighted by atomic mass is 16.3. The van der Waals surface area contributed by atoms with Crippen molar-refractivity contribution in [1.29, 1.82) is 0 Å². The van der Waals surface area contributed by atoms with Gasteiger partial charge in [-0.2, -0.15) is 5.10 Å². The minimum atomic E-state index is -0.921. The van der Waals surface area contributed by atoms with E-state index < -0.39 is 35.8 Å². The van der Waals surface area contributed by atoms with E-state index in [1.54, 1.807) is 32.0 Å². The van der Waals surface area contributed by atoms with E-state index in [0.717, 1.165) is 71.0 Å². The van der Waals surface area contributed by atoms with Crippen LogP contribution in [-0.4, -0.2) is 65.5 Å². The Labute approximate surface area is 400 Å². The highest BCUT2D eigenvalue weighted by Gasteiger charge is 2.31. The molecule has 14 heteroatoms. The fraction of sp³-hybridized carbons (Fsp3) is 0.309. The van der Waals surface area contributed by atoms with Crippen LogP contribution in [0.1, 0.15) is 97.3 Å². The molecule has 5 aromatic carbocycles. The number of aliphatic hydroxyl groups is 2. The van der Waals surface area contributed by atoms with Gasteiger partial charge in [-0.3, -0.25) is 23.7 Å². The Morgan fingerprint density at radius 3 is 1.68 bits per heavy atom. The molecule has 2 fully saturated rings. The van der Waals surface area contributed by atoms with Crippen LogP contribution in [0.5, 0.6) is 0 Å². The predicted octanol–water partition coefficient (Wildman–Crippen LogP) is 6.74. The van der Waals surface area contributed by atoms with Gasteiger partial charge in [0.05, 0.1) is 35.1 Å². The number of hydrogen-bond donors (Lipinski definition) is 6. The van der Waals surface area contributed by atoms with Gasteiger partial charge >= 0.3 is 0 Å². The minimum Gasteiger partial charge on any atom is -0.387 e. The zero-order chi connectivity index (χ0) is 48.0. The van der Waals surface area contributed by atoms with Crippen LogP contribution < -0.4 is 32.4 Å². The van der Waals surface area contributed by atoms with Crippen molar-refractivity contribution in [1.82, 2.24) is 30.0 Å². The lowest BCUT2D eigenvalue weighted by Gasteiger charge is -2.20. The number of carbonyl (C=O) groups is 2. The van der Waals surface area contributed by atoms with E-state index in [9.17, 15) is 29.4 Å². The normalized spacial score (nSPS) is 19.7. The lowest BCUT2D eigenvalue weighted by atomic mass is 10.0. The van der Waals surface area contributed by atoms with Crippen LogP contribution >= 0.6 is 0 Å². The molecule has 7 aromatic rings. The van der Waals surface area contributed by atoms with Gasteiger partial charge in [0, 0.05) is 48.0 Å². The van der Waals surface area contributed by atoms with Crippen LogP contribution in [0.25, 0.3) is 10.9 Å². The van der Waals surface area contributed by atoms with E-state index in [1.807, 2.05) is 115 Å². The number of fused-ring (bicyclic) bond motifs is 1. The maximum atomic E-state index is 13.9. The molecule has 6 N–H and O–H groups in total. The first-order chi connectivity index (χ1) is 33.4. The molecule has 0 aliphatic carbocycles. The third kappa shape index (κ3) is 11.1. The summed E-state index contributed by atoms with van der Waals surface area (Å²) in [6.45, 7) is 3.27. The van der Waals surface area contributed by atoms with Crippen LogP contribution in [0.2, 0.25) is 0 Å². The Hall–Kier alpha value is -7.10. The highest BCUT2D eigenvalue weighted by molar-refractivity contribution is 5.94. The Bertz CT molecular complexity index is 3020. The quantitative estimate of drug-likeness (QED) is 0.0605. The van der Waals surface area contributed by atoms with Gasteiger partial charge in [0.15, 0.2) is 0 Å². The van der Waals surface area contributed by atoms with Crippen LogP contribution in [0.3, 0.4) is 0 Å². The number of anilines is 2. The third-order valence-electron chi connectivity index (χ3n) is 13.7. The topological polar surface area (TPSA) is 192 Å². The average molecular weight is 927 g/mol. The van der Waals surface area contributed by atoms with E-state index >= 15 is 0 Å². The summed E-state index contributed by atoms with van der Waals surface area (Å²) >= 11 is 0. The van der Waals surface area contributed by atoms with E-state index in [0.29, 0.717) is 28.0 Å². The molecular weight excluding hydrogens is 869 g/mol. The first-order valence-corrected chi connectivity index (χ1v) is 23.8. The summed E-state index contributed by atoms with van der Waals surface area (Å²) in [5.74, 6) is -0.768. The zero-order valence-electron chi connectivity index (χ0n) is 38.7. The molecule has 69 heavy (non-hydrogen) atoms. The molecule has 4 heterocycles. The Morgan fingerprint density at radius 2 is 1.14 bits per heavy atom. The fourth-order valence-corrected chi connectivity index (χ4v) is 9.65. The fourth-order valence-electron chi connectivity index (χ4n) is 9.65. The van der Waals surface area contributed by atoms with Crippen LogP contribution in [0, 0.1) is 0 Å². The third-order valence-corrected chi connectivity index (χ3v) is 13.7. The number of carbonyl (C=O) groups excluding carboxylic acids is 2. The van der Waals surface area contributed by atoms with Crippen molar-refractivity contribution in [3.8, 4) is 0 Å². The maximum absolute atomic E-state index is 13.9. The van der Waals surface area contributed by atoms with Crippen LogP contribution in [0.15, 0.2) is 155 Å². The van der Waals surface area contributed by atoms with E-state index in [4.69, 9.17) is 0 Å². The van der Waals surface area contributed by atoms with E-state index in [-0.39, 0.29) is 42.1 Å². The largest absolute Gasteiger partial charge is 0.387 e. The molecule has 2 aliphatic rings. The summed E-state index contributed by atoms with van der Waals surface area (Å²) in [7, 11) is 0. The van der Waals surface area contributed by atoms with Crippen LogP contribution in [0.4, 0.5) is 11.4 Å². The second kappa shape index (κ2) is 21.0. The lowest BCUT2D eigenvalue weighted by Crippen LogP contribution is -2.35. The second-order valence-corrected chi connectivity index (χ2v) is 18.5. The number of hydrogen-bond acceptors (Lipinski definition) is 10. The molecule has 2 amide bonds. The summed E-state index contributed by atoms with van der Waals surface area (Å²) < 4.78 is 2.48. The Balaban J connectivity index is 0.783. The first kappa shape index (κ1) is 47.0. The van der Waals surface area contributed by atoms with Gasteiger partial charge in [0.2, 0.25) is 11.8 Å². The van der Waals surface area contributed by atoms with Crippen molar-refractivity contribution in [2.45, 2.75) is 107 Å². The molecule has 354 valence electrons. The van der Waals surface area contributed by atoms with Crippen molar-refractivity contribution >= 4 is 34.1 Å². The minimum absolute atomic E-state index is 0.00519. The van der Waals surface area contributed by atoms with Crippen molar-refractivity contribution in [3.05, 3.63) is 200 Å². The van der Waals surface area contributed by atoms with Crippen LogP contribution in [-0.2, 0) is 28.9 Å². The first-order valence-electron chi connectivity index (χ1n) is 23.8. The molecular formula is C55H58N8O6. The van der Waals surface area contributed by atoms with Gasteiger partial charge in [-0.05, 0) is 123 Å². The molecule has 0 spiro atoms. The summed E-state index contributed by atoms with van der Waals surface area (Å²) in [6.07, 6.45) is 5.77. The van der Waals surface area contributed by atoms with Gasteiger partial charge < -0.3 is 31.5 Å². The summed E-state index contributed by atoms with van der Waals surface area (Å²) in [4.78, 5) is 58.3. The number of nitrogens with one attached hydrogen (secondary N) is 4. The van der Waals surface area contributed by atoms with Gasteiger partial charge in [-0.1, -0.05) is 91.0 Å². The van der Waals surface area contributed by atoms with Gasteiger partial charge in [-0.15, -0.1) is 0 Å². The van der Waals surface area contributed by atoms with Crippen molar-refractivity contribution in [2.75, 3.05) is 10.6 Å². The molecule has 8 atom stereocenters. The van der Waals surface area contributed by atoms with Crippen molar-refractivity contribution < 1.29 is 19.8 Å². The average Bonchev–Trinajstić information content (AvgIpc) is 4.06. The molecule has 0 saturated carbocycles. The van der Waals surface area contributed by atoms with Crippen molar-refractivity contribution in [3.63, 3.8) is 0 Å². The molecule has 0 radical (unpaired) electrons. The molecule has 2 aliphatic heterocycles. The molecule has 0 bridgehead atoms. The number of nitrogens with zero attached hydrogens (tertiary/aromatic N) is 4. The monoisotopic (exact) mass is 926 g/mol. The smallest absolute Gasteiger partial charge is 0.267 e. The molecule has 2 unspecified atom stereocenters. The second-order valence-electron chi connectivity index (χ2n) is 18.5. The number of benzene rings is 5. The Morgan fingerprint density at radius 1 is 0.638 bits per heavy atom. The number of amides is 2. The number of aliphatic hydroxyl groups excluding tert-OH is 2. The van der Waals surface area contributed by atoms with Gasteiger partial charge in [0.25, 0.3) is 11.1 Å². The Kier molecular flexibility index (Phi) is 14.3. The SMILES string of the molecule is CC(C(=O)Nc1ccc(C[C@@H]2CC[C@H]([C@H](O)c3ccccc3)N2)cc1)n1cnc2ccc(Cc3ccc(=O)n(C(C)C(=O)Nc4ccc(C[C@@H]5CC[C@H]([C@H](O)c6ccccc6)N5)cc4)n3)cc2c1=O. The van der Waals surface area contributed by atoms with E-state index in [1.165, 1.54) is 17.0 Å². The predicted molar refractivity (Wildman–Crippen MR) is 267 cm³/mol. The summed E-state index contributed by atoms with van der Waals surface area (Å²) in [6, 6.07) is 41.7. The van der Waals surface area contributed by atoms with Crippen molar-refractivity contribution in [2.24, 2.45) is 0 Å². The summed E-state index contributed by atoms with van der Waals surface area (Å²) in [5.41, 5.74) is 6.14. The van der Waals surface area contributed by atoms with E-state index in [2.05, 4.69) is 31.3 Å². The van der Waals surface area contributed by atoms with Gasteiger partial charge in [0.1, 0.15) is 12.1 Å². The maximum Gasteiger partial charge on any atom is 0.267 e. The number of rotatable bonds is 16.